The molecule has 0 heterocycles. The number of rotatable bonds is 4. The zero-order valence-electron chi connectivity index (χ0n) is 12.8. The topological polar surface area (TPSA) is 26.3 Å². The lowest BCUT2D eigenvalue weighted by atomic mass is 9.75. The van der Waals surface area contributed by atoms with Crippen LogP contribution in [-0.4, -0.2) is 12.1 Å². The molecule has 20 heavy (non-hydrogen) atoms. The van der Waals surface area contributed by atoms with E-state index in [1.807, 2.05) is 30.3 Å². The van der Waals surface area contributed by atoms with Crippen LogP contribution in [0.15, 0.2) is 30.3 Å². The minimum absolute atomic E-state index is 0.0825. The summed E-state index contributed by atoms with van der Waals surface area (Å²) in [5, 5.41) is 0. The molecule has 0 radical (unpaired) electrons. The summed E-state index contributed by atoms with van der Waals surface area (Å²) in [7, 11) is 0. The first-order valence-electron chi connectivity index (χ1n) is 7.79. The van der Waals surface area contributed by atoms with Crippen LogP contribution in [-0.2, 0) is 16.0 Å². The molecular formula is C18H26O2. The number of carbonyl (C=O) groups is 1. The zero-order valence-corrected chi connectivity index (χ0v) is 12.8. The first-order valence-corrected chi connectivity index (χ1v) is 7.79. The smallest absolute Gasteiger partial charge is 0.310 e. The van der Waals surface area contributed by atoms with E-state index >= 15 is 0 Å². The largest absolute Gasteiger partial charge is 0.462 e. The van der Waals surface area contributed by atoms with E-state index < -0.39 is 0 Å². The van der Waals surface area contributed by atoms with Crippen molar-refractivity contribution >= 4 is 5.97 Å². The minimum atomic E-state index is -0.0825. The maximum absolute atomic E-state index is 12.1. The maximum atomic E-state index is 12.1. The Morgan fingerprint density at radius 1 is 1.25 bits per heavy atom. The third-order valence-electron chi connectivity index (χ3n) is 4.44. The van der Waals surface area contributed by atoms with Crippen LogP contribution in [0.3, 0.4) is 0 Å². The predicted molar refractivity (Wildman–Crippen MR) is 81.4 cm³/mol. The second-order valence-corrected chi connectivity index (χ2v) is 6.52. The van der Waals surface area contributed by atoms with Gasteiger partial charge in [0, 0.05) is 0 Å². The van der Waals surface area contributed by atoms with Gasteiger partial charge in [-0.25, -0.2) is 0 Å². The Labute approximate surface area is 122 Å². The standard InChI is InChI=1S/C18H26O2/c1-13(2)16-10-9-14(3)11-17(16)20-18(19)12-15-7-5-4-6-8-15/h4-8,13-14,16-17H,9-12H2,1-3H3/t14-,16+,17-/m1/s1. The molecule has 1 aliphatic rings. The van der Waals surface area contributed by atoms with Gasteiger partial charge in [-0.3, -0.25) is 4.79 Å². The van der Waals surface area contributed by atoms with Gasteiger partial charge < -0.3 is 4.74 Å². The van der Waals surface area contributed by atoms with Gasteiger partial charge in [0.05, 0.1) is 6.42 Å². The number of hydrogen-bond acceptors (Lipinski definition) is 2. The highest BCUT2D eigenvalue weighted by atomic mass is 16.5. The van der Waals surface area contributed by atoms with Crippen molar-refractivity contribution in [2.75, 3.05) is 0 Å². The van der Waals surface area contributed by atoms with Gasteiger partial charge in [-0.1, -0.05) is 57.5 Å². The van der Waals surface area contributed by atoms with Gasteiger partial charge >= 0.3 is 5.97 Å². The summed E-state index contributed by atoms with van der Waals surface area (Å²) in [6, 6.07) is 9.84. The molecule has 2 heteroatoms. The molecule has 0 bridgehead atoms. The Bertz CT molecular complexity index is 424. The fourth-order valence-electron chi connectivity index (χ4n) is 3.22. The number of carbonyl (C=O) groups excluding carboxylic acids is 1. The van der Waals surface area contributed by atoms with Crippen LogP contribution in [0.1, 0.15) is 45.6 Å². The van der Waals surface area contributed by atoms with Gasteiger partial charge in [-0.15, -0.1) is 0 Å². The molecule has 2 nitrogen and oxygen atoms in total. The molecule has 0 amide bonds. The molecule has 1 fully saturated rings. The van der Waals surface area contributed by atoms with Crippen LogP contribution in [0.2, 0.25) is 0 Å². The van der Waals surface area contributed by atoms with Crippen LogP contribution in [0.4, 0.5) is 0 Å². The van der Waals surface area contributed by atoms with Crippen LogP contribution in [0.5, 0.6) is 0 Å². The van der Waals surface area contributed by atoms with Crippen LogP contribution in [0, 0.1) is 17.8 Å². The van der Waals surface area contributed by atoms with E-state index in [0.29, 0.717) is 24.2 Å². The number of esters is 1. The second-order valence-electron chi connectivity index (χ2n) is 6.52. The normalized spacial score (nSPS) is 26.5. The Morgan fingerprint density at radius 3 is 2.60 bits per heavy atom. The molecule has 0 aromatic heterocycles. The van der Waals surface area contributed by atoms with Gasteiger partial charge in [0.2, 0.25) is 0 Å². The monoisotopic (exact) mass is 274 g/mol. The Balaban J connectivity index is 1.94. The molecule has 0 N–H and O–H groups in total. The van der Waals surface area contributed by atoms with Crippen molar-refractivity contribution in [2.45, 2.75) is 52.6 Å². The Hall–Kier alpha value is -1.31. The molecule has 0 saturated heterocycles. The van der Waals surface area contributed by atoms with E-state index in [0.717, 1.165) is 12.0 Å². The van der Waals surface area contributed by atoms with Crippen molar-refractivity contribution in [3.05, 3.63) is 35.9 Å². The van der Waals surface area contributed by atoms with Crippen molar-refractivity contribution in [3.63, 3.8) is 0 Å². The molecular weight excluding hydrogens is 248 g/mol. The third-order valence-corrected chi connectivity index (χ3v) is 4.44. The van der Waals surface area contributed by atoms with E-state index in [1.54, 1.807) is 0 Å². The summed E-state index contributed by atoms with van der Waals surface area (Å²) in [6.45, 7) is 6.73. The van der Waals surface area contributed by atoms with Gasteiger partial charge in [-0.2, -0.15) is 0 Å². The lowest BCUT2D eigenvalue weighted by Crippen LogP contribution is -2.36. The summed E-state index contributed by atoms with van der Waals surface area (Å²) in [6.07, 6.45) is 3.95. The molecule has 1 aromatic rings. The molecule has 2 rings (SSSR count). The molecule has 0 spiro atoms. The number of benzene rings is 1. The molecule has 1 aliphatic carbocycles. The fourth-order valence-corrected chi connectivity index (χ4v) is 3.22. The van der Waals surface area contributed by atoms with E-state index in [-0.39, 0.29) is 12.1 Å². The summed E-state index contributed by atoms with van der Waals surface area (Å²) in [5.74, 6) is 1.68. The highest BCUT2D eigenvalue weighted by molar-refractivity contribution is 5.72. The van der Waals surface area contributed by atoms with Crippen LogP contribution < -0.4 is 0 Å². The lowest BCUT2D eigenvalue weighted by molar-refractivity contribution is -0.155. The summed E-state index contributed by atoms with van der Waals surface area (Å²) in [4.78, 5) is 12.1. The predicted octanol–water partition coefficient (Wildman–Crippen LogP) is 4.23. The first kappa shape index (κ1) is 15.1. The molecule has 3 atom stereocenters. The van der Waals surface area contributed by atoms with E-state index in [4.69, 9.17) is 4.74 Å². The van der Waals surface area contributed by atoms with E-state index in [2.05, 4.69) is 20.8 Å². The van der Waals surface area contributed by atoms with Crippen LogP contribution >= 0.6 is 0 Å². The maximum Gasteiger partial charge on any atom is 0.310 e. The van der Waals surface area contributed by atoms with Gasteiger partial charge in [0.25, 0.3) is 0 Å². The van der Waals surface area contributed by atoms with E-state index in [1.165, 1.54) is 12.8 Å². The molecule has 0 aliphatic heterocycles. The highest BCUT2D eigenvalue weighted by Gasteiger charge is 2.33. The Kier molecular flexibility index (Phi) is 5.22. The quantitative estimate of drug-likeness (QED) is 0.768. The van der Waals surface area contributed by atoms with E-state index in [9.17, 15) is 4.79 Å². The summed E-state index contributed by atoms with van der Waals surface area (Å²) < 4.78 is 5.80. The fraction of sp³-hybridized carbons (Fsp3) is 0.611. The van der Waals surface area contributed by atoms with Crippen molar-refractivity contribution < 1.29 is 9.53 Å². The average molecular weight is 274 g/mol. The molecule has 1 saturated carbocycles. The summed E-state index contributed by atoms with van der Waals surface area (Å²) >= 11 is 0. The number of ether oxygens (including phenoxy) is 1. The van der Waals surface area contributed by atoms with Crippen molar-refractivity contribution in [1.29, 1.82) is 0 Å². The van der Waals surface area contributed by atoms with Crippen molar-refractivity contribution in [3.8, 4) is 0 Å². The second kappa shape index (κ2) is 6.92. The van der Waals surface area contributed by atoms with Crippen molar-refractivity contribution in [2.24, 2.45) is 17.8 Å². The summed E-state index contributed by atoms with van der Waals surface area (Å²) in [5.41, 5.74) is 1.03. The zero-order chi connectivity index (χ0) is 14.5. The van der Waals surface area contributed by atoms with Crippen molar-refractivity contribution in [1.82, 2.24) is 0 Å². The lowest BCUT2D eigenvalue weighted by Gasteiger charge is -2.36. The van der Waals surface area contributed by atoms with Gasteiger partial charge in [0.15, 0.2) is 0 Å². The highest BCUT2D eigenvalue weighted by Crippen LogP contribution is 2.35. The minimum Gasteiger partial charge on any atom is -0.462 e. The van der Waals surface area contributed by atoms with Crippen LogP contribution in [0.25, 0.3) is 0 Å². The number of hydrogen-bond donors (Lipinski definition) is 0. The van der Waals surface area contributed by atoms with Gasteiger partial charge in [0.1, 0.15) is 6.10 Å². The SMILES string of the molecule is CC(C)[C@@H]1CC[C@@H](C)C[C@H]1OC(=O)Cc1ccccc1. The molecule has 110 valence electrons. The van der Waals surface area contributed by atoms with Gasteiger partial charge in [-0.05, 0) is 36.2 Å². The third kappa shape index (κ3) is 4.09. The Morgan fingerprint density at radius 2 is 1.95 bits per heavy atom. The average Bonchev–Trinajstić information content (AvgIpc) is 2.39. The molecule has 0 unspecified atom stereocenters. The molecule has 1 aromatic carbocycles. The first-order chi connectivity index (χ1) is 9.56.